The molecule has 1 N–H and O–H groups in total. The van der Waals surface area contributed by atoms with Crippen molar-refractivity contribution in [3.63, 3.8) is 0 Å². The van der Waals surface area contributed by atoms with E-state index in [1.165, 1.54) is 12.1 Å². The molecule has 0 radical (unpaired) electrons. The Morgan fingerprint density at radius 2 is 2.06 bits per heavy atom. The molecular weight excluding hydrogens is 234 g/mol. The van der Waals surface area contributed by atoms with Crippen LogP contribution in [0.1, 0.15) is 24.4 Å². The quantitative estimate of drug-likeness (QED) is 0.892. The predicted octanol–water partition coefficient (Wildman–Crippen LogP) is 2.57. The molecule has 18 heavy (non-hydrogen) atoms. The van der Waals surface area contributed by atoms with Gasteiger partial charge < -0.3 is 10.2 Å². The maximum absolute atomic E-state index is 13.4. The zero-order valence-electron chi connectivity index (χ0n) is 10.9. The van der Waals surface area contributed by atoms with Gasteiger partial charge in [-0.25, -0.2) is 8.78 Å². The highest BCUT2D eigenvalue weighted by molar-refractivity contribution is 5.22. The molecule has 0 bridgehead atoms. The van der Waals surface area contributed by atoms with Crippen LogP contribution in [-0.4, -0.2) is 32.1 Å². The van der Waals surface area contributed by atoms with Gasteiger partial charge in [0.2, 0.25) is 0 Å². The topological polar surface area (TPSA) is 15.3 Å². The van der Waals surface area contributed by atoms with Gasteiger partial charge in [0.05, 0.1) is 0 Å². The average molecular weight is 254 g/mol. The van der Waals surface area contributed by atoms with Crippen LogP contribution in [0.2, 0.25) is 0 Å². The number of nitrogens with one attached hydrogen (secondary N) is 1. The molecule has 2 unspecified atom stereocenters. The Hall–Kier alpha value is -1.00. The lowest BCUT2D eigenvalue weighted by Gasteiger charge is -2.35. The molecular formula is C14H20F2N2. The van der Waals surface area contributed by atoms with Crippen molar-refractivity contribution in [2.75, 3.05) is 27.2 Å². The van der Waals surface area contributed by atoms with Crippen LogP contribution in [0, 0.1) is 17.6 Å². The van der Waals surface area contributed by atoms with Crippen molar-refractivity contribution >= 4 is 0 Å². The van der Waals surface area contributed by atoms with Crippen LogP contribution in [0.3, 0.4) is 0 Å². The largest absolute Gasteiger partial charge is 0.316 e. The first-order chi connectivity index (χ1) is 8.59. The van der Waals surface area contributed by atoms with Crippen molar-refractivity contribution in [3.05, 3.63) is 35.4 Å². The molecule has 1 fully saturated rings. The normalized spacial score (nSPS) is 22.2. The molecule has 0 aliphatic carbocycles. The van der Waals surface area contributed by atoms with E-state index in [0.717, 1.165) is 31.5 Å². The highest BCUT2D eigenvalue weighted by atomic mass is 19.2. The lowest BCUT2D eigenvalue weighted by atomic mass is 9.86. The Bertz CT molecular complexity index is 401. The Balaban J connectivity index is 2.25. The summed E-state index contributed by atoms with van der Waals surface area (Å²) in [7, 11) is 3.97. The van der Waals surface area contributed by atoms with Crippen LogP contribution in [0.4, 0.5) is 8.78 Å². The molecule has 0 aromatic heterocycles. The minimum absolute atomic E-state index is 0.132. The molecule has 1 saturated heterocycles. The molecule has 0 spiro atoms. The molecule has 0 saturated carbocycles. The number of hydrogen-bond acceptors (Lipinski definition) is 2. The molecule has 1 aliphatic heterocycles. The SMILES string of the molecule is CN(C)C(c1ccc(F)c(F)c1)C1CCCNC1. The minimum Gasteiger partial charge on any atom is -0.316 e. The highest BCUT2D eigenvalue weighted by Gasteiger charge is 2.27. The van der Waals surface area contributed by atoms with Crippen molar-refractivity contribution in [1.82, 2.24) is 10.2 Å². The van der Waals surface area contributed by atoms with Crippen LogP contribution in [0.5, 0.6) is 0 Å². The number of nitrogens with zero attached hydrogens (tertiary/aromatic N) is 1. The monoisotopic (exact) mass is 254 g/mol. The van der Waals surface area contributed by atoms with E-state index in [4.69, 9.17) is 0 Å². The molecule has 1 aliphatic rings. The summed E-state index contributed by atoms with van der Waals surface area (Å²) in [6.45, 7) is 1.98. The van der Waals surface area contributed by atoms with E-state index in [2.05, 4.69) is 10.2 Å². The van der Waals surface area contributed by atoms with Crippen molar-refractivity contribution in [2.24, 2.45) is 5.92 Å². The van der Waals surface area contributed by atoms with Crippen molar-refractivity contribution < 1.29 is 8.78 Å². The first-order valence-electron chi connectivity index (χ1n) is 6.41. The Morgan fingerprint density at radius 3 is 2.61 bits per heavy atom. The Kier molecular flexibility index (Phi) is 4.30. The van der Waals surface area contributed by atoms with Gasteiger partial charge in [0.25, 0.3) is 0 Å². The summed E-state index contributed by atoms with van der Waals surface area (Å²) >= 11 is 0. The smallest absolute Gasteiger partial charge is 0.159 e. The summed E-state index contributed by atoms with van der Waals surface area (Å²) < 4.78 is 26.4. The van der Waals surface area contributed by atoms with Gasteiger partial charge in [-0.3, -0.25) is 0 Å². The Labute approximate surface area is 107 Å². The second-order valence-corrected chi connectivity index (χ2v) is 5.19. The molecule has 2 nitrogen and oxygen atoms in total. The third kappa shape index (κ3) is 2.87. The van der Waals surface area contributed by atoms with E-state index in [1.54, 1.807) is 6.07 Å². The van der Waals surface area contributed by atoms with Gasteiger partial charge in [0.15, 0.2) is 11.6 Å². The first kappa shape index (κ1) is 13.4. The number of benzene rings is 1. The number of rotatable bonds is 3. The fourth-order valence-electron chi connectivity index (χ4n) is 2.84. The molecule has 2 atom stereocenters. The molecule has 1 aromatic rings. The van der Waals surface area contributed by atoms with E-state index < -0.39 is 11.6 Å². The molecule has 100 valence electrons. The average Bonchev–Trinajstić information content (AvgIpc) is 2.35. The van der Waals surface area contributed by atoms with E-state index in [0.29, 0.717) is 5.92 Å². The fourth-order valence-corrected chi connectivity index (χ4v) is 2.84. The van der Waals surface area contributed by atoms with E-state index >= 15 is 0 Å². The van der Waals surface area contributed by atoms with Gasteiger partial charge in [-0.2, -0.15) is 0 Å². The van der Waals surface area contributed by atoms with Gasteiger partial charge in [0.1, 0.15) is 0 Å². The van der Waals surface area contributed by atoms with Crippen molar-refractivity contribution in [3.8, 4) is 0 Å². The summed E-state index contributed by atoms with van der Waals surface area (Å²) in [6.07, 6.45) is 2.26. The second kappa shape index (κ2) is 5.76. The summed E-state index contributed by atoms with van der Waals surface area (Å²) in [5.41, 5.74) is 0.854. The van der Waals surface area contributed by atoms with Gasteiger partial charge in [-0.05, 0) is 63.6 Å². The van der Waals surface area contributed by atoms with E-state index in [1.807, 2.05) is 14.1 Å². The third-order valence-electron chi connectivity index (χ3n) is 3.62. The number of hydrogen-bond donors (Lipinski definition) is 1. The summed E-state index contributed by atoms with van der Waals surface area (Å²) in [6, 6.07) is 4.37. The van der Waals surface area contributed by atoms with Gasteiger partial charge in [-0.15, -0.1) is 0 Å². The minimum atomic E-state index is -0.780. The van der Waals surface area contributed by atoms with Gasteiger partial charge in [-0.1, -0.05) is 6.07 Å². The van der Waals surface area contributed by atoms with E-state index in [-0.39, 0.29) is 6.04 Å². The lowest BCUT2D eigenvalue weighted by Crippen LogP contribution is -2.38. The number of piperidine rings is 1. The predicted molar refractivity (Wildman–Crippen MR) is 68.4 cm³/mol. The van der Waals surface area contributed by atoms with Crippen molar-refractivity contribution in [2.45, 2.75) is 18.9 Å². The van der Waals surface area contributed by atoms with Gasteiger partial charge >= 0.3 is 0 Å². The molecule has 1 aromatic carbocycles. The summed E-state index contributed by atoms with van der Waals surface area (Å²) in [5.74, 6) is -1.10. The van der Waals surface area contributed by atoms with Gasteiger partial charge in [0, 0.05) is 6.04 Å². The van der Waals surface area contributed by atoms with Crippen molar-refractivity contribution in [1.29, 1.82) is 0 Å². The first-order valence-corrected chi connectivity index (χ1v) is 6.41. The van der Waals surface area contributed by atoms with Crippen LogP contribution < -0.4 is 5.32 Å². The second-order valence-electron chi connectivity index (χ2n) is 5.19. The fraction of sp³-hybridized carbons (Fsp3) is 0.571. The molecule has 2 rings (SSSR count). The summed E-state index contributed by atoms with van der Waals surface area (Å²) in [5, 5.41) is 3.37. The van der Waals surface area contributed by atoms with Crippen LogP contribution >= 0.6 is 0 Å². The number of halogens is 2. The molecule has 4 heteroatoms. The molecule has 1 heterocycles. The lowest BCUT2D eigenvalue weighted by molar-refractivity contribution is 0.181. The zero-order valence-corrected chi connectivity index (χ0v) is 10.9. The van der Waals surface area contributed by atoms with E-state index in [9.17, 15) is 8.78 Å². The highest BCUT2D eigenvalue weighted by Crippen LogP contribution is 2.31. The van der Waals surface area contributed by atoms with Crippen LogP contribution in [0.15, 0.2) is 18.2 Å². The standard InChI is InChI=1S/C14H20F2N2/c1-18(2)14(11-4-3-7-17-9-11)10-5-6-12(15)13(16)8-10/h5-6,8,11,14,17H,3-4,7,9H2,1-2H3. The third-order valence-corrected chi connectivity index (χ3v) is 3.62. The molecule has 0 amide bonds. The van der Waals surface area contributed by atoms with Crippen LogP contribution in [0.25, 0.3) is 0 Å². The maximum Gasteiger partial charge on any atom is 0.159 e. The maximum atomic E-state index is 13.4. The zero-order chi connectivity index (χ0) is 13.1. The van der Waals surface area contributed by atoms with Crippen LogP contribution in [-0.2, 0) is 0 Å². The Morgan fingerprint density at radius 1 is 1.28 bits per heavy atom. The summed E-state index contributed by atoms with van der Waals surface area (Å²) in [4.78, 5) is 2.09.